The molecule has 0 unspecified atom stereocenters. The van der Waals surface area contributed by atoms with E-state index in [1.807, 2.05) is 25.2 Å². The lowest BCUT2D eigenvalue weighted by atomic mass is 10.1. The molecule has 0 saturated heterocycles. The molecule has 0 aromatic heterocycles. The normalized spacial score (nSPS) is 15.8. The molecule has 0 atom stereocenters. The summed E-state index contributed by atoms with van der Waals surface area (Å²) in [5.74, 6) is 1.26. The lowest BCUT2D eigenvalue weighted by Crippen LogP contribution is -2.33. The zero-order valence-electron chi connectivity index (χ0n) is 10.3. The van der Waals surface area contributed by atoms with Crippen molar-refractivity contribution in [3.63, 3.8) is 0 Å². The Morgan fingerprint density at radius 3 is 2.59 bits per heavy atom. The number of benzene rings is 1. The summed E-state index contributed by atoms with van der Waals surface area (Å²) in [7, 11) is 1.81. The average molecular weight is 233 g/mol. The summed E-state index contributed by atoms with van der Waals surface area (Å²) < 4.78 is 5.27. The van der Waals surface area contributed by atoms with Crippen LogP contribution in [0.15, 0.2) is 30.3 Å². The van der Waals surface area contributed by atoms with Crippen LogP contribution < -0.4 is 4.74 Å². The van der Waals surface area contributed by atoms with Gasteiger partial charge in [0.25, 0.3) is 0 Å². The molecule has 0 radical (unpaired) electrons. The molecule has 0 heterocycles. The Balaban J connectivity index is 1.82. The summed E-state index contributed by atoms with van der Waals surface area (Å²) in [4.78, 5) is 13.5. The lowest BCUT2D eigenvalue weighted by molar-refractivity contribution is 0.156. The van der Waals surface area contributed by atoms with Crippen LogP contribution in [0.1, 0.15) is 25.7 Å². The van der Waals surface area contributed by atoms with Crippen LogP contribution in [0.5, 0.6) is 5.75 Å². The summed E-state index contributed by atoms with van der Waals surface area (Å²) >= 11 is 0. The van der Waals surface area contributed by atoms with Gasteiger partial charge in [-0.25, -0.2) is 4.79 Å². The second-order valence-corrected chi connectivity index (χ2v) is 4.71. The van der Waals surface area contributed by atoms with E-state index in [1.165, 1.54) is 25.7 Å². The van der Waals surface area contributed by atoms with Crippen LogP contribution in [-0.2, 0) is 0 Å². The molecule has 0 bridgehead atoms. The van der Waals surface area contributed by atoms with Crippen LogP contribution in [-0.4, -0.2) is 24.6 Å². The summed E-state index contributed by atoms with van der Waals surface area (Å²) in [6.07, 6.45) is 4.81. The maximum Gasteiger partial charge on any atom is 0.414 e. The quantitative estimate of drug-likeness (QED) is 0.801. The highest BCUT2D eigenvalue weighted by Crippen LogP contribution is 2.25. The summed E-state index contributed by atoms with van der Waals surface area (Å²) in [5.41, 5.74) is 0. The van der Waals surface area contributed by atoms with Crippen molar-refractivity contribution in [1.82, 2.24) is 4.90 Å². The number of ether oxygens (including phenoxy) is 1. The minimum absolute atomic E-state index is 0.261. The number of para-hydroxylation sites is 1. The highest BCUT2D eigenvalue weighted by Gasteiger charge is 2.20. The fraction of sp³-hybridized carbons (Fsp3) is 0.500. The van der Waals surface area contributed by atoms with Crippen molar-refractivity contribution in [3.05, 3.63) is 30.3 Å². The first-order valence-corrected chi connectivity index (χ1v) is 6.23. The Morgan fingerprint density at radius 2 is 1.94 bits per heavy atom. The fourth-order valence-corrected chi connectivity index (χ4v) is 2.32. The van der Waals surface area contributed by atoms with Crippen LogP contribution >= 0.6 is 0 Å². The number of amides is 1. The first kappa shape index (κ1) is 12.0. The van der Waals surface area contributed by atoms with Crippen molar-refractivity contribution >= 4 is 6.09 Å². The van der Waals surface area contributed by atoms with Crippen LogP contribution in [0.3, 0.4) is 0 Å². The van der Waals surface area contributed by atoms with Gasteiger partial charge in [0, 0.05) is 13.6 Å². The number of hydrogen-bond acceptors (Lipinski definition) is 2. The molecule has 17 heavy (non-hydrogen) atoms. The smallest absolute Gasteiger partial charge is 0.410 e. The summed E-state index contributed by atoms with van der Waals surface area (Å²) in [6.45, 7) is 0.811. The van der Waals surface area contributed by atoms with Gasteiger partial charge in [-0.05, 0) is 30.9 Å². The second-order valence-electron chi connectivity index (χ2n) is 4.71. The molecular formula is C14H19NO2. The highest BCUT2D eigenvalue weighted by atomic mass is 16.6. The number of carbonyl (C=O) groups is 1. The van der Waals surface area contributed by atoms with Gasteiger partial charge in [0.1, 0.15) is 5.75 Å². The van der Waals surface area contributed by atoms with Gasteiger partial charge in [-0.3, -0.25) is 0 Å². The number of rotatable bonds is 3. The number of hydrogen-bond donors (Lipinski definition) is 0. The topological polar surface area (TPSA) is 29.5 Å². The Bertz CT molecular complexity index is 358. The fourth-order valence-electron chi connectivity index (χ4n) is 2.32. The van der Waals surface area contributed by atoms with E-state index in [2.05, 4.69) is 0 Å². The molecular weight excluding hydrogens is 214 g/mol. The lowest BCUT2D eigenvalue weighted by Gasteiger charge is -2.20. The maximum absolute atomic E-state index is 11.8. The first-order valence-electron chi connectivity index (χ1n) is 6.23. The molecule has 1 fully saturated rings. The monoisotopic (exact) mass is 233 g/mol. The van der Waals surface area contributed by atoms with E-state index in [0.717, 1.165) is 6.54 Å². The standard InChI is InChI=1S/C14H19NO2/c1-15(11-12-7-5-6-8-12)14(16)17-13-9-3-2-4-10-13/h2-4,9-10,12H,5-8,11H2,1H3. The third kappa shape index (κ3) is 3.48. The molecule has 0 spiro atoms. The first-order chi connectivity index (χ1) is 8.25. The van der Waals surface area contributed by atoms with Gasteiger partial charge in [-0.2, -0.15) is 0 Å². The van der Waals surface area contributed by atoms with Crippen molar-refractivity contribution in [1.29, 1.82) is 0 Å². The largest absolute Gasteiger partial charge is 0.414 e. The summed E-state index contributed by atoms with van der Waals surface area (Å²) in [6, 6.07) is 9.21. The van der Waals surface area contributed by atoms with E-state index in [0.29, 0.717) is 11.7 Å². The van der Waals surface area contributed by atoms with Crippen LogP contribution in [0.25, 0.3) is 0 Å². The Labute approximate surface area is 102 Å². The molecule has 92 valence electrons. The van der Waals surface area contributed by atoms with Crippen LogP contribution in [0.2, 0.25) is 0 Å². The van der Waals surface area contributed by atoms with Crippen molar-refractivity contribution in [2.45, 2.75) is 25.7 Å². The molecule has 1 aromatic rings. The van der Waals surface area contributed by atoms with Crippen LogP contribution in [0.4, 0.5) is 4.79 Å². The van der Waals surface area contributed by atoms with Gasteiger partial charge in [0.2, 0.25) is 0 Å². The molecule has 1 aliphatic rings. The average Bonchev–Trinajstić information content (AvgIpc) is 2.83. The van der Waals surface area contributed by atoms with Gasteiger partial charge in [0.15, 0.2) is 0 Å². The third-order valence-corrected chi connectivity index (χ3v) is 3.27. The van der Waals surface area contributed by atoms with Gasteiger partial charge >= 0.3 is 6.09 Å². The van der Waals surface area contributed by atoms with Crippen molar-refractivity contribution in [2.75, 3.05) is 13.6 Å². The van der Waals surface area contributed by atoms with Gasteiger partial charge in [-0.15, -0.1) is 0 Å². The van der Waals surface area contributed by atoms with E-state index in [9.17, 15) is 4.79 Å². The number of nitrogens with zero attached hydrogens (tertiary/aromatic N) is 1. The zero-order valence-corrected chi connectivity index (χ0v) is 10.3. The molecule has 0 N–H and O–H groups in total. The minimum atomic E-state index is -0.261. The zero-order chi connectivity index (χ0) is 12.1. The predicted molar refractivity (Wildman–Crippen MR) is 67.1 cm³/mol. The molecule has 1 aromatic carbocycles. The van der Waals surface area contributed by atoms with E-state index in [-0.39, 0.29) is 6.09 Å². The Morgan fingerprint density at radius 1 is 1.29 bits per heavy atom. The van der Waals surface area contributed by atoms with Crippen molar-refractivity contribution < 1.29 is 9.53 Å². The Kier molecular flexibility index (Phi) is 4.02. The molecule has 1 aliphatic carbocycles. The molecule has 3 nitrogen and oxygen atoms in total. The second kappa shape index (κ2) is 5.71. The minimum Gasteiger partial charge on any atom is -0.410 e. The van der Waals surface area contributed by atoms with Gasteiger partial charge in [-0.1, -0.05) is 31.0 Å². The predicted octanol–water partition coefficient (Wildman–Crippen LogP) is 3.31. The van der Waals surface area contributed by atoms with E-state index >= 15 is 0 Å². The van der Waals surface area contributed by atoms with E-state index < -0.39 is 0 Å². The maximum atomic E-state index is 11.8. The van der Waals surface area contributed by atoms with E-state index in [4.69, 9.17) is 4.74 Å². The van der Waals surface area contributed by atoms with Gasteiger partial charge < -0.3 is 9.64 Å². The highest BCUT2D eigenvalue weighted by molar-refractivity contribution is 5.70. The summed E-state index contributed by atoms with van der Waals surface area (Å²) in [5, 5.41) is 0. The van der Waals surface area contributed by atoms with Crippen LogP contribution in [0, 0.1) is 5.92 Å². The Hall–Kier alpha value is -1.51. The SMILES string of the molecule is CN(CC1CCCC1)C(=O)Oc1ccccc1. The molecule has 3 heteroatoms. The number of carbonyl (C=O) groups excluding carboxylic acids is 1. The molecule has 1 amide bonds. The molecule has 2 rings (SSSR count). The van der Waals surface area contributed by atoms with Gasteiger partial charge in [0.05, 0.1) is 0 Å². The van der Waals surface area contributed by atoms with Crippen molar-refractivity contribution in [3.8, 4) is 5.75 Å². The third-order valence-electron chi connectivity index (χ3n) is 3.27. The molecule has 1 saturated carbocycles. The van der Waals surface area contributed by atoms with E-state index in [1.54, 1.807) is 17.0 Å². The molecule has 0 aliphatic heterocycles. The van der Waals surface area contributed by atoms with Crippen molar-refractivity contribution in [2.24, 2.45) is 5.92 Å².